The number of benzene rings is 2. The molecule has 2 aromatic rings. The number of nitrogen functional groups attached to an aromatic ring is 1. The largest absolute Gasteiger partial charge is 0.397 e. The lowest BCUT2D eigenvalue weighted by Gasteiger charge is -2.11. The van der Waals surface area contributed by atoms with Crippen molar-refractivity contribution in [1.29, 1.82) is 10.5 Å². The third-order valence-electron chi connectivity index (χ3n) is 2.87. The van der Waals surface area contributed by atoms with Crippen LogP contribution in [0.15, 0.2) is 30.3 Å². The Labute approximate surface area is 115 Å². The molecule has 0 spiro atoms. The van der Waals surface area contributed by atoms with E-state index in [0.717, 1.165) is 0 Å². The molecule has 0 aliphatic rings. The average molecular weight is 266 g/mol. The van der Waals surface area contributed by atoms with E-state index in [4.69, 9.17) is 16.3 Å². The van der Waals surface area contributed by atoms with Crippen LogP contribution in [0.25, 0.3) is 0 Å². The lowest BCUT2D eigenvalue weighted by Crippen LogP contribution is -1.99. The molecule has 0 aliphatic carbocycles. The van der Waals surface area contributed by atoms with Crippen molar-refractivity contribution in [3.63, 3.8) is 0 Å². The second-order valence-electron chi connectivity index (χ2n) is 4.30. The second kappa shape index (κ2) is 5.29. The molecule has 0 unspecified atom stereocenters. The van der Waals surface area contributed by atoms with Gasteiger partial charge in [-0.15, -0.1) is 0 Å². The minimum Gasteiger partial charge on any atom is -0.397 e. The van der Waals surface area contributed by atoms with Crippen molar-refractivity contribution in [3.05, 3.63) is 52.8 Å². The maximum Gasteiger partial charge on any atom is 0.128 e. The maximum atomic E-state index is 13.3. The van der Waals surface area contributed by atoms with Gasteiger partial charge in [0.15, 0.2) is 0 Å². The van der Waals surface area contributed by atoms with Crippen molar-refractivity contribution in [2.24, 2.45) is 0 Å². The van der Waals surface area contributed by atoms with Crippen LogP contribution in [-0.2, 0) is 0 Å². The van der Waals surface area contributed by atoms with Crippen LogP contribution in [0.2, 0.25) is 0 Å². The first kappa shape index (κ1) is 13.4. The van der Waals surface area contributed by atoms with Gasteiger partial charge in [-0.3, -0.25) is 0 Å². The summed E-state index contributed by atoms with van der Waals surface area (Å²) in [6, 6.07) is 11.5. The van der Waals surface area contributed by atoms with Crippen LogP contribution < -0.4 is 11.1 Å². The Morgan fingerprint density at radius 1 is 1.10 bits per heavy atom. The topological polar surface area (TPSA) is 85.6 Å². The minimum absolute atomic E-state index is 0.273. The summed E-state index contributed by atoms with van der Waals surface area (Å²) in [5.41, 5.74) is 8.23. The van der Waals surface area contributed by atoms with Crippen LogP contribution in [0.4, 0.5) is 21.5 Å². The molecule has 0 atom stereocenters. The molecule has 0 saturated carbocycles. The maximum absolute atomic E-state index is 13.3. The van der Waals surface area contributed by atoms with E-state index in [1.165, 1.54) is 6.07 Å². The molecule has 98 valence electrons. The van der Waals surface area contributed by atoms with Crippen molar-refractivity contribution in [2.45, 2.75) is 6.92 Å². The van der Waals surface area contributed by atoms with E-state index in [0.29, 0.717) is 22.5 Å². The average Bonchev–Trinajstić information content (AvgIpc) is 2.44. The second-order valence-corrected chi connectivity index (χ2v) is 4.30. The van der Waals surface area contributed by atoms with Crippen molar-refractivity contribution < 1.29 is 4.39 Å². The van der Waals surface area contributed by atoms with Gasteiger partial charge in [-0.2, -0.15) is 10.5 Å². The molecular formula is C15H11FN4. The van der Waals surface area contributed by atoms with E-state index < -0.39 is 0 Å². The summed E-state index contributed by atoms with van der Waals surface area (Å²) in [5, 5.41) is 20.8. The van der Waals surface area contributed by atoms with Gasteiger partial charge in [0.2, 0.25) is 0 Å². The molecule has 0 aromatic heterocycles. The summed E-state index contributed by atoms with van der Waals surface area (Å²) in [6.07, 6.45) is 0. The molecule has 0 aliphatic heterocycles. The summed E-state index contributed by atoms with van der Waals surface area (Å²) < 4.78 is 13.3. The van der Waals surface area contributed by atoms with Gasteiger partial charge in [-0.1, -0.05) is 0 Å². The Kier molecular flexibility index (Phi) is 3.54. The van der Waals surface area contributed by atoms with Gasteiger partial charge < -0.3 is 11.1 Å². The molecule has 0 bridgehead atoms. The van der Waals surface area contributed by atoms with Crippen LogP contribution >= 0.6 is 0 Å². The third-order valence-corrected chi connectivity index (χ3v) is 2.87. The highest BCUT2D eigenvalue weighted by molar-refractivity contribution is 5.74. The van der Waals surface area contributed by atoms with Crippen LogP contribution in [0.1, 0.15) is 16.7 Å². The molecule has 0 fully saturated rings. The van der Waals surface area contributed by atoms with Crippen molar-refractivity contribution in [3.8, 4) is 12.1 Å². The normalized spacial score (nSPS) is 9.60. The van der Waals surface area contributed by atoms with E-state index in [9.17, 15) is 4.39 Å². The lowest BCUT2D eigenvalue weighted by molar-refractivity contribution is 0.619. The molecule has 0 heterocycles. The van der Waals surface area contributed by atoms with E-state index >= 15 is 0 Å². The predicted molar refractivity (Wildman–Crippen MR) is 74.7 cm³/mol. The Balaban J connectivity index is 2.39. The van der Waals surface area contributed by atoms with Gasteiger partial charge in [0.25, 0.3) is 0 Å². The van der Waals surface area contributed by atoms with Crippen molar-refractivity contribution in [1.82, 2.24) is 0 Å². The van der Waals surface area contributed by atoms with Gasteiger partial charge in [0, 0.05) is 5.69 Å². The molecule has 2 rings (SSSR count). The molecule has 0 radical (unpaired) electrons. The highest BCUT2D eigenvalue weighted by atomic mass is 19.1. The number of nitrogens with zero attached hydrogens (tertiary/aromatic N) is 2. The molecule has 20 heavy (non-hydrogen) atoms. The number of halogens is 1. The molecule has 2 aromatic carbocycles. The van der Waals surface area contributed by atoms with Gasteiger partial charge in [0.1, 0.15) is 18.0 Å². The van der Waals surface area contributed by atoms with E-state index in [2.05, 4.69) is 5.32 Å². The third kappa shape index (κ3) is 2.52. The van der Waals surface area contributed by atoms with Gasteiger partial charge in [-0.25, -0.2) is 4.39 Å². The van der Waals surface area contributed by atoms with Crippen LogP contribution in [-0.4, -0.2) is 0 Å². The van der Waals surface area contributed by atoms with Gasteiger partial charge in [0.05, 0.1) is 22.5 Å². The fourth-order valence-corrected chi connectivity index (χ4v) is 1.77. The highest BCUT2D eigenvalue weighted by Crippen LogP contribution is 2.27. The van der Waals surface area contributed by atoms with Gasteiger partial charge >= 0.3 is 0 Å². The zero-order valence-corrected chi connectivity index (χ0v) is 10.7. The van der Waals surface area contributed by atoms with E-state index in [1.54, 1.807) is 31.2 Å². The fourth-order valence-electron chi connectivity index (χ4n) is 1.77. The lowest BCUT2D eigenvalue weighted by atomic mass is 10.1. The Morgan fingerprint density at radius 3 is 2.45 bits per heavy atom. The number of nitriles is 2. The van der Waals surface area contributed by atoms with E-state index in [1.807, 2.05) is 12.1 Å². The Bertz CT molecular complexity index is 754. The number of hydrogen-bond acceptors (Lipinski definition) is 4. The quantitative estimate of drug-likeness (QED) is 0.817. The molecule has 0 saturated heterocycles. The van der Waals surface area contributed by atoms with Gasteiger partial charge in [-0.05, 0) is 42.8 Å². The first-order valence-corrected chi connectivity index (χ1v) is 5.82. The molecular weight excluding hydrogens is 255 g/mol. The smallest absolute Gasteiger partial charge is 0.128 e. The molecule has 5 heteroatoms. The summed E-state index contributed by atoms with van der Waals surface area (Å²) >= 11 is 0. The molecule has 4 nitrogen and oxygen atoms in total. The zero-order valence-electron chi connectivity index (χ0n) is 10.7. The zero-order chi connectivity index (χ0) is 14.7. The first-order chi connectivity index (χ1) is 9.55. The summed E-state index contributed by atoms with van der Waals surface area (Å²) in [7, 11) is 0. The molecule has 3 N–H and O–H groups in total. The van der Waals surface area contributed by atoms with Crippen LogP contribution in [0.5, 0.6) is 0 Å². The predicted octanol–water partition coefficient (Wildman–Crippen LogP) is 3.20. The Hall–Kier alpha value is -3.05. The number of nitrogens with one attached hydrogen (secondary N) is 1. The summed E-state index contributed by atoms with van der Waals surface area (Å²) in [6.45, 7) is 1.64. The number of rotatable bonds is 2. The van der Waals surface area contributed by atoms with Crippen LogP contribution in [0.3, 0.4) is 0 Å². The molecule has 0 amide bonds. The first-order valence-electron chi connectivity index (χ1n) is 5.82. The standard InChI is InChI=1S/C15H11FN4/c1-9-4-15(14(19)6-13(9)16)20-12-3-2-10(7-17)11(5-12)8-18/h2-6,20H,19H2,1H3. The Morgan fingerprint density at radius 2 is 1.80 bits per heavy atom. The summed E-state index contributed by atoms with van der Waals surface area (Å²) in [4.78, 5) is 0. The monoisotopic (exact) mass is 266 g/mol. The van der Waals surface area contributed by atoms with Crippen molar-refractivity contribution >= 4 is 17.1 Å². The van der Waals surface area contributed by atoms with E-state index in [-0.39, 0.29) is 17.1 Å². The SMILES string of the molecule is Cc1cc(Nc2ccc(C#N)c(C#N)c2)c(N)cc1F. The number of anilines is 3. The minimum atomic E-state index is -0.370. The number of aryl methyl sites for hydroxylation is 1. The summed E-state index contributed by atoms with van der Waals surface area (Å²) in [5.74, 6) is -0.370. The number of nitrogens with two attached hydrogens (primary N) is 1. The van der Waals surface area contributed by atoms with Crippen molar-refractivity contribution in [2.75, 3.05) is 11.1 Å². The van der Waals surface area contributed by atoms with Crippen LogP contribution in [0, 0.1) is 35.4 Å². The fraction of sp³-hybridized carbons (Fsp3) is 0.0667. The highest BCUT2D eigenvalue weighted by Gasteiger charge is 2.07. The number of hydrogen-bond donors (Lipinski definition) is 2.